The molecule has 1 aromatic carbocycles. The smallest absolute Gasteiger partial charge is 0.226 e. The summed E-state index contributed by atoms with van der Waals surface area (Å²) in [6, 6.07) is 8.66. The molecule has 1 aliphatic rings. The summed E-state index contributed by atoms with van der Waals surface area (Å²) >= 11 is 1.58. The van der Waals surface area contributed by atoms with Crippen LogP contribution in [0, 0.1) is 6.92 Å². The number of hydrogen-bond donors (Lipinski definition) is 1. The Hall–Kier alpha value is -2.47. The Labute approximate surface area is 176 Å². The standard InChI is InChI=1S/C23H28N4OS/c1-15-25-17(14-29-15)12-22(28)26-20-6-5-7-21-19(20)13-24-27(21)18-10-8-16(9-11-18)23(2,3)4/h8-11,13-14,20H,5-7,12H2,1-4H3,(H,26,28)/t20-/m1/s1. The van der Waals surface area contributed by atoms with E-state index in [0.717, 1.165) is 41.2 Å². The van der Waals surface area contributed by atoms with Crippen LogP contribution in [0.3, 0.4) is 0 Å². The zero-order valence-corrected chi connectivity index (χ0v) is 18.3. The lowest BCUT2D eigenvalue weighted by atomic mass is 9.87. The average Bonchev–Trinajstić information content (AvgIpc) is 3.28. The predicted octanol–water partition coefficient (Wildman–Crippen LogP) is 4.67. The number of thiazole rings is 1. The predicted molar refractivity (Wildman–Crippen MR) is 117 cm³/mol. The second-order valence-electron chi connectivity index (χ2n) is 8.80. The van der Waals surface area contributed by atoms with E-state index in [2.05, 4.69) is 60.4 Å². The summed E-state index contributed by atoms with van der Waals surface area (Å²) in [4.78, 5) is 16.9. The molecule has 6 heteroatoms. The van der Waals surface area contributed by atoms with Crippen LogP contribution in [0.5, 0.6) is 0 Å². The topological polar surface area (TPSA) is 59.8 Å². The monoisotopic (exact) mass is 408 g/mol. The summed E-state index contributed by atoms with van der Waals surface area (Å²) in [7, 11) is 0. The van der Waals surface area contributed by atoms with Gasteiger partial charge in [-0.3, -0.25) is 4.79 Å². The molecule has 5 nitrogen and oxygen atoms in total. The second-order valence-corrected chi connectivity index (χ2v) is 9.86. The van der Waals surface area contributed by atoms with E-state index >= 15 is 0 Å². The molecule has 1 aliphatic carbocycles. The molecule has 1 atom stereocenters. The lowest BCUT2D eigenvalue weighted by Gasteiger charge is -2.24. The highest BCUT2D eigenvalue weighted by Crippen LogP contribution is 2.32. The van der Waals surface area contributed by atoms with Crippen LogP contribution in [0.2, 0.25) is 0 Å². The van der Waals surface area contributed by atoms with E-state index in [0.29, 0.717) is 6.42 Å². The van der Waals surface area contributed by atoms with E-state index in [-0.39, 0.29) is 17.4 Å². The Bertz CT molecular complexity index is 1010. The summed E-state index contributed by atoms with van der Waals surface area (Å²) in [6.07, 6.45) is 5.22. The molecule has 29 heavy (non-hydrogen) atoms. The largest absolute Gasteiger partial charge is 0.349 e. The Kier molecular flexibility index (Phi) is 5.30. The van der Waals surface area contributed by atoms with Crippen LogP contribution in [0.25, 0.3) is 5.69 Å². The molecule has 3 aromatic rings. The quantitative estimate of drug-likeness (QED) is 0.682. The van der Waals surface area contributed by atoms with Crippen molar-refractivity contribution >= 4 is 17.2 Å². The van der Waals surface area contributed by atoms with Crippen molar-refractivity contribution in [3.63, 3.8) is 0 Å². The summed E-state index contributed by atoms with van der Waals surface area (Å²) in [5.74, 6) is 0.0235. The third kappa shape index (κ3) is 4.27. The number of aromatic nitrogens is 3. The van der Waals surface area contributed by atoms with Gasteiger partial charge in [0.15, 0.2) is 0 Å². The van der Waals surface area contributed by atoms with Gasteiger partial charge in [0.2, 0.25) is 5.91 Å². The van der Waals surface area contributed by atoms with Gasteiger partial charge in [-0.05, 0) is 49.3 Å². The van der Waals surface area contributed by atoms with Crippen LogP contribution in [0.4, 0.5) is 0 Å². The van der Waals surface area contributed by atoms with Gasteiger partial charge in [0.25, 0.3) is 0 Å². The molecule has 2 aromatic heterocycles. The number of nitrogens with zero attached hydrogens (tertiary/aromatic N) is 3. The molecule has 1 amide bonds. The Morgan fingerprint density at radius 3 is 2.69 bits per heavy atom. The molecule has 0 aliphatic heterocycles. The van der Waals surface area contributed by atoms with Crippen molar-refractivity contribution in [2.75, 3.05) is 0 Å². The van der Waals surface area contributed by atoms with Gasteiger partial charge in [-0.15, -0.1) is 11.3 Å². The molecule has 0 saturated carbocycles. The van der Waals surface area contributed by atoms with Gasteiger partial charge >= 0.3 is 0 Å². The molecule has 2 heterocycles. The molecular formula is C23H28N4OS. The van der Waals surface area contributed by atoms with Crippen molar-refractivity contribution in [1.82, 2.24) is 20.1 Å². The van der Waals surface area contributed by atoms with Crippen LogP contribution >= 0.6 is 11.3 Å². The number of hydrogen-bond acceptors (Lipinski definition) is 4. The minimum absolute atomic E-state index is 0.0218. The Morgan fingerprint density at radius 1 is 1.28 bits per heavy atom. The van der Waals surface area contributed by atoms with Crippen molar-refractivity contribution in [1.29, 1.82) is 0 Å². The maximum Gasteiger partial charge on any atom is 0.226 e. The fraction of sp³-hybridized carbons (Fsp3) is 0.435. The first kappa shape index (κ1) is 19.8. The number of benzene rings is 1. The fourth-order valence-electron chi connectivity index (χ4n) is 3.93. The fourth-order valence-corrected chi connectivity index (χ4v) is 4.54. The summed E-state index contributed by atoms with van der Waals surface area (Å²) in [5, 5.41) is 10.8. The molecular weight excluding hydrogens is 380 g/mol. The number of aryl methyl sites for hydroxylation is 1. The summed E-state index contributed by atoms with van der Waals surface area (Å²) in [6.45, 7) is 8.62. The molecule has 0 radical (unpaired) electrons. The molecule has 4 rings (SSSR count). The molecule has 0 fully saturated rings. The number of rotatable bonds is 4. The van der Waals surface area contributed by atoms with E-state index in [1.165, 1.54) is 11.3 Å². The maximum atomic E-state index is 12.5. The first-order chi connectivity index (χ1) is 13.8. The van der Waals surface area contributed by atoms with Crippen LogP contribution < -0.4 is 5.32 Å². The number of carbonyl (C=O) groups is 1. The number of fused-ring (bicyclic) bond motifs is 1. The van der Waals surface area contributed by atoms with Crippen LogP contribution in [0.1, 0.15) is 67.2 Å². The van der Waals surface area contributed by atoms with Gasteiger partial charge in [0.05, 0.1) is 35.0 Å². The summed E-state index contributed by atoms with van der Waals surface area (Å²) < 4.78 is 2.03. The lowest BCUT2D eigenvalue weighted by molar-refractivity contribution is -0.121. The highest BCUT2D eigenvalue weighted by molar-refractivity contribution is 7.09. The van der Waals surface area contributed by atoms with Gasteiger partial charge in [0, 0.05) is 16.6 Å². The SMILES string of the molecule is Cc1nc(CC(=O)N[C@@H]2CCCc3c2cnn3-c2ccc(C(C)(C)C)cc2)cs1. The minimum atomic E-state index is 0.0218. The van der Waals surface area contributed by atoms with Gasteiger partial charge < -0.3 is 5.32 Å². The average molecular weight is 409 g/mol. The van der Waals surface area contributed by atoms with Crippen molar-refractivity contribution in [3.8, 4) is 5.69 Å². The van der Waals surface area contributed by atoms with E-state index in [9.17, 15) is 4.79 Å². The zero-order valence-electron chi connectivity index (χ0n) is 17.5. The molecule has 0 saturated heterocycles. The highest BCUT2D eigenvalue weighted by Gasteiger charge is 2.26. The number of carbonyl (C=O) groups excluding carboxylic acids is 1. The van der Waals surface area contributed by atoms with E-state index in [4.69, 9.17) is 0 Å². The molecule has 1 N–H and O–H groups in total. The molecule has 0 bridgehead atoms. The van der Waals surface area contributed by atoms with Crippen molar-refractivity contribution in [2.24, 2.45) is 0 Å². The number of amides is 1. The van der Waals surface area contributed by atoms with Crippen molar-refractivity contribution in [2.45, 2.75) is 64.8 Å². The van der Waals surface area contributed by atoms with Crippen LogP contribution in [-0.2, 0) is 23.1 Å². The van der Waals surface area contributed by atoms with Crippen LogP contribution in [0.15, 0.2) is 35.8 Å². The normalized spacial score (nSPS) is 16.5. The van der Waals surface area contributed by atoms with Crippen molar-refractivity contribution in [3.05, 3.63) is 63.4 Å². The Morgan fingerprint density at radius 2 is 2.03 bits per heavy atom. The third-order valence-corrected chi connectivity index (χ3v) is 6.33. The van der Waals surface area contributed by atoms with Crippen molar-refractivity contribution < 1.29 is 4.79 Å². The zero-order chi connectivity index (χ0) is 20.6. The highest BCUT2D eigenvalue weighted by atomic mass is 32.1. The van der Waals surface area contributed by atoms with E-state index in [1.807, 2.05) is 23.2 Å². The Balaban J connectivity index is 1.52. The first-order valence-electron chi connectivity index (χ1n) is 10.2. The first-order valence-corrected chi connectivity index (χ1v) is 11.1. The van der Waals surface area contributed by atoms with Gasteiger partial charge in [0.1, 0.15) is 0 Å². The lowest BCUT2D eigenvalue weighted by Crippen LogP contribution is -2.32. The minimum Gasteiger partial charge on any atom is -0.349 e. The van der Waals surface area contributed by atoms with E-state index < -0.39 is 0 Å². The van der Waals surface area contributed by atoms with Gasteiger partial charge in [-0.1, -0.05) is 32.9 Å². The maximum absolute atomic E-state index is 12.5. The third-order valence-electron chi connectivity index (χ3n) is 5.50. The van der Waals surface area contributed by atoms with Gasteiger partial charge in [-0.2, -0.15) is 5.10 Å². The van der Waals surface area contributed by atoms with E-state index in [1.54, 1.807) is 11.3 Å². The molecule has 0 unspecified atom stereocenters. The van der Waals surface area contributed by atoms with Gasteiger partial charge in [-0.25, -0.2) is 9.67 Å². The summed E-state index contributed by atoms with van der Waals surface area (Å²) in [5.41, 5.74) is 5.70. The molecule has 152 valence electrons. The second kappa shape index (κ2) is 7.75. The van der Waals surface area contributed by atoms with Crippen LogP contribution in [-0.4, -0.2) is 20.7 Å². The number of nitrogens with one attached hydrogen (secondary N) is 1. The molecule has 0 spiro atoms.